The Morgan fingerprint density at radius 2 is 1.76 bits per heavy atom. The summed E-state index contributed by atoms with van der Waals surface area (Å²) in [6.45, 7) is 4.38. The van der Waals surface area contributed by atoms with Crippen LogP contribution in [0.2, 0.25) is 0 Å². The van der Waals surface area contributed by atoms with Crippen molar-refractivity contribution in [1.29, 1.82) is 0 Å². The lowest BCUT2D eigenvalue weighted by Gasteiger charge is -2.35. The molecule has 0 fully saturated rings. The van der Waals surface area contributed by atoms with Gasteiger partial charge in [-0.1, -0.05) is 31.5 Å². The molecule has 1 atom stereocenters. The van der Waals surface area contributed by atoms with E-state index in [2.05, 4.69) is 12.2 Å². The number of hydrogen-bond acceptors (Lipinski definition) is 6. The summed E-state index contributed by atoms with van der Waals surface area (Å²) < 4.78 is 45.2. The molecule has 4 rings (SSSR count). The monoisotopic (exact) mass is 524 g/mol. The van der Waals surface area contributed by atoms with E-state index in [1.54, 1.807) is 24.3 Å². The number of carbonyl (C=O) groups excluding carboxylic acids is 1. The van der Waals surface area contributed by atoms with Gasteiger partial charge in [-0.05, 0) is 73.0 Å². The molecule has 1 aliphatic rings. The van der Waals surface area contributed by atoms with Gasteiger partial charge in [0.05, 0.1) is 30.8 Å². The van der Waals surface area contributed by atoms with Crippen molar-refractivity contribution in [3.8, 4) is 17.2 Å². The molecule has 0 aromatic heterocycles. The molecule has 3 aromatic carbocycles. The summed E-state index contributed by atoms with van der Waals surface area (Å²) in [4.78, 5) is 13.1. The van der Waals surface area contributed by atoms with Crippen LogP contribution in [0.3, 0.4) is 0 Å². The number of hydrogen-bond donors (Lipinski definition) is 1. The summed E-state index contributed by atoms with van der Waals surface area (Å²) in [7, 11) is -2.44. The minimum Gasteiger partial charge on any atom is -0.497 e. The Labute approximate surface area is 218 Å². The molecular weight excluding hydrogens is 492 g/mol. The predicted octanol–water partition coefficient (Wildman–Crippen LogP) is 4.11. The van der Waals surface area contributed by atoms with Crippen molar-refractivity contribution in [3.63, 3.8) is 0 Å². The molecule has 37 heavy (non-hydrogen) atoms. The lowest BCUT2D eigenvalue weighted by Crippen LogP contribution is -2.51. The number of sulfonamides is 1. The second-order valence-electron chi connectivity index (χ2n) is 8.82. The number of fused-ring (bicyclic) bond motifs is 1. The Morgan fingerprint density at radius 1 is 1.05 bits per heavy atom. The first kappa shape index (κ1) is 26.3. The Morgan fingerprint density at radius 3 is 2.43 bits per heavy atom. The molecule has 1 aliphatic heterocycles. The number of methoxy groups -OCH3 is 1. The Hall–Kier alpha value is -3.72. The van der Waals surface area contributed by atoms with Crippen LogP contribution >= 0.6 is 0 Å². The van der Waals surface area contributed by atoms with Crippen LogP contribution in [0, 0.1) is 6.92 Å². The predicted molar refractivity (Wildman–Crippen MR) is 142 cm³/mol. The molecule has 8 nitrogen and oxygen atoms in total. The van der Waals surface area contributed by atoms with Gasteiger partial charge in [0.2, 0.25) is 0 Å². The number of nitrogens with zero attached hydrogens (tertiary/aromatic N) is 1. The highest BCUT2D eigenvalue weighted by Crippen LogP contribution is 2.38. The molecule has 0 bridgehead atoms. The third kappa shape index (κ3) is 6.17. The molecule has 0 spiro atoms. The van der Waals surface area contributed by atoms with Crippen LogP contribution < -0.4 is 23.8 Å². The fourth-order valence-corrected chi connectivity index (χ4v) is 5.57. The van der Waals surface area contributed by atoms with E-state index < -0.39 is 22.0 Å². The number of benzene rings is 3. The van der Waals surface area contributed by atoms with Gasteiger partial charge in [-0.2, -0.15) is 0 Å². The number of rotatable bonds is 10. The van der Waals surface area contributed by atoms with E-state index in [4.69, 9.17) is 14.2 Å². The molecule has 3 aromatic rings. The zero-order valence-corrected chi connectivity index (χ0v) is 22.1. The maximum absolute atomic E-state index is 13.6. The molecule has 9 heteroatoms. The maximum atomic E-state index is 13.6. The van der Waals surface area contributed by atoms with Crippen LogP contribution in [0.5, 0.6) is 17.2 Å². The third-order valence-electron chi connectivity index (χ3n) is 6.06. The van der Waals surface area contributed by atoms with Crippen molar-refractivity contribution in [3.05, 3.63) is 77.9 Å². The first-order valence-corrected chi connectivity index (χ1v) is 13.7. The van der Waals surface area contributed by atoms with Crippen molar-refractivity contribution >= 4 is 21.6 Å². The highest BCUT2D eigenvalue weighted by Gasteiger charge is 2.37. The minimum atomic E-state index is -3.96. The van der Waals surface area contributed by atoms with Gasteiger partial charge in [0.25, 0.3) is 15.9 Å². The van der Waals surface area contributed by atoms with Crippen molar-refractivity contribution < 1.29 is 27.4 Å². The normalized spacial score (nSPS) is 14.9. The van der Waals surface area contributed by atoms with Gasteiger partial charge in [0.15, 0.2) is 6.10 Å². The lowest BCUT2D eigenvalue weighted by atomic mass is 10.1. The van der Waals surface area contributed by atoms with Crippen LogP contribution in [0.1, 0.15) is 24.5 Å². The van der Waals surface area contributed by atoms with Gasteiger partial charge >= 0.3 is 0 Å². The Balaban J connectivity index is 1.44. The van der Waals surface area contributed by atoms with Gasteiger partial charge in [-0.25, -0.2) is 8.42 Å². The molecule has 196 valence electrons. The smallest absolute Gasteiger partial charge is 0.264 e. The highest BCUT2D eigenvalue weighted by atomic mass is 32.2. The van der Waals surface area contributed by atoms with E-state index >= 15 is 0 Å². The van der Waals surface area contributed by atoms with E-state index in [9.17, 15) is 13.2 Å². The molecule has 1 amide bonds. The summed E-state index contributed by atoms with van der Waals surface area (Å²) in [6.07, 6.45) is 1.08. The van der Waals surface area contributed by atoms with Crippen molar-refractivity contribution in [1.82, 2.24) is 5.32 Å². The van der Waals surface area contributed by atoms with Crippen LogP contribution in [0.15, 0.2) is 71.6 Å². The summed E-state index contributed by atoms with van der Waals surface area (Å²) in [5.41, 5.74) is 2.53. The first-order valence-electron chi connectivity index (χ1n) is 12.3. The number of anilines is 1. The van der Waals surface area contributed by atoms with E-state index in [-0.39, 0.29) is 24.6 Å². The SMILES string of the molecule is CCCc1ccc(OCCNC(=O)C2CN(S(=O)(=O)c3ccc(OC)cc3)c3ccc(C)cc3O2)cc1. The quantitative estimate of drug-likeness (QED) is 0.401. The number of ether oxygens (including phenoxy) is 3. The van der Waals surface area contributed by atoms with Crippen molar-refractivity contribution in [2.75, 3.05) is 31.1 Å². The van der Waals surface area contributed by atoms with Crippen molar-refractivity contribution in [2.24, 2.45) is 0 Å². The lowest BCUT2D eigenvalue weighted by molar-refractivity contribution is -0.127. The maximum Gasteiger partial charge on any atom is 0.264 e. The number of amides is 1. The molecule has 1 unspecified atom stereocenters. The second kappa shape index (κ2) is 11.6. The highest BCUT2D eigenvalue weighted by molar-refractivity contribution is 7.92. The fraction of sp³-hybridized carbons (Fsp3) is 0.321. The minimum absolute atomic E-state index is 0.0965. The Bertz CT molecular complexity index is 1320. The number of carbonyl (C=O) groups is 1. The summed E-state index contributed by atoms with van der Waals surface area (Å²) in [6, 6.07) is 19.3. The van der Waals surface area contributed by atoms with Crippen molar-refractivity contribution in [2.45, 2.75) is 37.7 Å². The van der Waals surface area contributed by atoms with Gasteiger partial charge < -0.3 is 19.5 Å². The Kier molecular flexibility index (Phi) is 8.23. The second-order valence-corrected chi connectivity index (χ2v) is 10.7. The largest absolute Gasteiger partial charge is 0.497 e. The van der Waals surface area contributed by atoms with Gasteiger partial charge in [0, 0.05) is 0 Å². The zero-order chi connectivity index (χ0) is 26.4. The first-order chi connectivity index (χ1) is 17.8. The summed E-state index contributed by atoms with van der Waals surface area (Å²) in [5.74, 6) is 1.20. The summed E-state index contributed by atoms with van der Waals surface area (Å²) in [5, 5.41) is 2.80. The topological polar surface area (TPSA) is 94.2 Å². The molecule has 1 heterocycles. The van der Waals surface area contributed by atoms with Crippen LogP contribution in [0.25, 0.3) is 0 Å². The standard InChI is InChI=1S/C28H32N2O6S/c1-4-5-21-7-9-23(10-8-21)35-17-16-29-28(31)27-19-30(25-15-6-20(2)18-26(25)36-27)37(32,33)24-13-11-22(34-3)12-14-24/h6-15,18,27H,4-5,16-17,19H2,1-3H3,(H,29,31). The van der Waals surface area contributed by atoms with E-state index in [0.717, 1.165) is 24.2 Å². The molecule has 1 N–H and O–H groups in total. The van der Waals surface area contributed by atoms with Crippen LogP contribution in [-0.4, -0.2) is 47.2 Å². The molecule has 0 radical (unpaired) electrons. The zero-order valence-electron chi connectivity index (χ0n) is 21.3. The molecular formula is C28H32N2O6S. The third-order valence-corrected chi connectivity index (χ3v) is 7.85. The molecule has 0 saturated carbocycles. The van der Waals surface area contributed by atoms with Gasteiger partial charge in [-0.3, -0.25) is 9.10 Å². The average molecular weight is 525 g/mol. The average Bonchev–Trinajstić information content (AvgIpc) is 2.91. The molecule has 0 saturated heterocycles. The van der Waals surface area contributed by atoms with Crippen LogP contribution in [-0.2, 0) is 21.2 Å². The van der Waals surface area contributed by atoms with E-state index in [1.165, 1.54) is 29.1 Å². The van der Waals surface area contributed by atoms with Gasteiger partial charge in [-0.15, -0.1) is 0 Å². The van der Waals surface area contributed by atoms with Gasteiger partial charge in [0.1, 0.15) is 23.9 Å². The molecule has 0 aliphatic carbocycles. The van der Waals surface area contributed by atoms with Crippen LogP contribution in [0.4, 0.5) is 5.69 Å². The van der Waals surface area contributed by atoms with E-state index in [1.807, 2.05) is 37.3 Å². The number of nitrogens with one attached hydrogen (secondary N) is 1. The number of aryl methyl sites for hydroxylation is 2. The summed E-state index contributed by atoms with van der Waals surface area (Å²) >= 11 is 0. The van der Waals surface area contributed by atoms with E-state index in [0.29, 0.717) is 17.2 Å². The fourth-order valence-electron chi connectivity index (χ4n) is 4.10.